The Kier molecular flexibility index (Phi) is 4.37. The van der Waals surface area contributed by atoms with Crippen LogP contribution in [0.15, 0.2) is 18.2 Å². The number of nitrogens with one attached hydrogen (secondary N) is 1. The van der Waals surface area contributed by atoms with Crippen molar-refractivity contribution in [1.29, 1.82) is 0 Å². The topological polar surface area (TPSA) is 41.6 Å². The lowest BCUT2D eigenvalue weighted by Gasteiger charge is -2.32. The van der Waals surface area contributed by atoms with Crippen LogP contribution in [0.3, 0.4) is 0 Å². The number of nitrogens with zero attached hydrogens (tertiary/aromatic N) is 1. The molecule has 1 aromatic carbocycles. The number of piperidine rings is 1. The van der Waals surface area contributed by atoms with Gasteiger partial charge in [-0.25, -0.2) is 4.39 Å². The minimum Gasteiger partial charge on any atom is -0.496 e. The van der Waals surface area contributed by atoms with Crippen LogP contribution in [0.25, 0.3) is 0 Å². The number of hydrogen-bond donors (Lipinski definition) is 1. The van der Waals surface area contributed by atoms with Gasteiger partial charge in [0.1, 0.15) is 11.6 Å². The van der Waals surface area contributed by atoms with Gasteiger partial charge in [0.2, 0.25) is 0 Å². The third-order valence-electron chi connectivity index (χ3n) is 3.58. The van der Waals surface area contributed by atoms with E-state index in [2.05, 4.69) is 5.32 Å². The van der Waals surface area contributed by atoms with Gasteiger partial charge in [0.15, 0.2) is 0 Å². The van der Waals surface area contributed by atoms with Crippen molar-refractivity contribution in [3.05, 3.63) is 29.6 Å². The van der Waals surface area contributed by atoms with Gasteiger partial charge in [0.05, 0.1) is 12.7 Å². The van der Waals surface area contributed by atoms with Gasteiger partial charge in [-0.15, -0.1) is 0 Å². The summed E-state index contributed by atoms with van der Waals surface area (Å²) in [4.78, 5) is 14.1. The SMILES string of the molecule is CNC1CCN(C(=O)c2cc(F)ccc2OC)CC1. The second kappa shape index (κ2) is 6.02. The molecule has 0 saturated carbocycles. The molecule has 1 aliphatic heterocycles. The van der Waals surface area contributed by atoms with Crippen LogP contribution < -0.4 is 10.1 Å². The number of amides is 1. The highest BCUT2D eigenvalue weighted by Gasteiger charge is 2.25. The first-order valence-electron chi connectivity index (χ1n) is 6.45. The number of likely N-dealkylation sites (tertiary alicyclic amines) is 1. The summed E-state index contributed by atoms with van der Waals surface area (Å²) in [6.07, 6.45) is 1.83. The Morgan fingerprint density at radius 2 is 2.11 bits per heavy atom. The molecule has 4 nitrogen and oxygen atoms in total. The molecule has 1 N–H and O–H groups in total. The van der Waals surface area contributed by atoms with Crippen LogP contribution in [0, 0.1) is 5.82 Å². The lowest BCUT2D eigenvalue weighted by atomic mass is 10.0. The van der Waals surface area contributed by atoms with E-state index in [-0.39, 0.29) is 5.91 Å². The Bertz CT molecular complexity index is 457. The van der Waals surface area contributed by atoms with Gasteiger partial charge >= 0.3 is 0 Å². The molecule has 1 heterocycles. The van der Waals surface area contributed by atoms with Crippen LogP contribution >= 0.6 is 0 Å². The minimum absolute atomic E-state index is 0.161. The fraction of sp³-hybridized carbons (Fsp3) is 0.500. The summed E-state index contributed by atoms with van der Waals surface area (Å²) in [5.41, 5.74) is 0.297. The summed E-state index contributed by atoms with van der Waals surface area (Å²) in [5, 5.41) is 3.21. The van der Waals surface area contributed by atoms with Crippen LogP contribution in [-0.2, 0) is 0 Å². The molecule has 1 saturated heterocycles. The normalized spacial score (nSPS) is 16.5. The van der Waals surface area contributed by atoms with Crippen molar-refractivity contribution in [2.75, 3.05) is 27.2 Å². The lowest BCUT2D eigenvalue weighted by Crippen LogP contribution is -2.44. The van der Waals surface area contributed by atoms with Gasteiger partial charge in [-0.2, -0.15) is 0 Å². The molecule has 0 unspecified atom stereocenters. The van der Waals surface area contributed by atoms with Crippen LogP contribution in [0.4, 0.5) is 4.39 Å². The number of ether oxygens (including phenoxy) is 1. The van der Waals surface area contributed by atoms with E-state index in [1.54, 1.807) is 4.90 Å². The van der Waals surface area contributed by atoms with Crippen LogP contribution in [0.5, 0.6) is 5.75 Å². The van der Waals surface area contributed by atoms with E-state index in [4.69, 9.17) is 4.74 Å². The number of methoxy groups -OCH3 is 1. The van der Waals surface area contributed by atoms with E-state index < -0.39 is 5.82 Å². The fourth-order valence-corrected chi connectivity index (χ4v) is 2.39. The number of benzene rings is 1. The van der Waals surface area contributed by atoms with Gasteiger partial charge in [0.25, 0.3) is 5.91 Å². The lowest BCUT2D eigenvalue weighted by molar-refractivity contribution is 0.0703. The van der Waals surface area contributed by atoms with Gasteiger partial charge in [-0.1, -0.05) is 0 Å². The second-order valence-corrected chi connectivity index (χ2v) is 4.70. The number of rotatable bonds is 3. The standard InChI is InChI=1S/C14H19FN2O2/c1-16-11-5-7-17(8-6-11)14(18)12-9-10(15)3-4-13(12)19-2/h3-4,9,11,16H,5-8H2,1-2H3. The molecule has 104 valence electrons. The molecule has 1 amide bonds. The molecule has 19 heavy (non-hydrogen) atoms. The Balaban J connectivity index is 2.14. The maximum absolute atomic E-state index is 13.3. The van der Waals surface area contributed by atoms with E-state index in [1.807, 2.05) is 7.05 Å². The number of hydrogen-bond acceptors (Lipinski definition) is 3. The summed E-state index contributed by atoms with van der Waals surface area (Å²) in [7, 11) is 3.41. The molecule has 0 atom stereocenters. The van der Waals surface area contributed by atoms with Crippen molar-refractivity contribution in [2.45, 2.75) is 18.9 Å². The Morgan fingerprint density at radius 1 is 1.42 bits per heavy atom. The van der Waals surface area contributed by atoms with E-state index in [0.717, 1.165) is 12.8 Å². The Labute approximate surface area is 112 Å². The predicted molar refractivity (Wildman–Crippen MR) is 70.9 cm³/mol. The first kappa shape index (κ1) is 13.8. The zero-order chi connectivity index (χ0) is 13.8. The Hall–Kier alpha value is -1.62. The number of carbonyl (C=O) groups excluding carboxylic acids is 1. The predicted octanol–water partition coefficient (Wildman–Crippen LogP) is 1.66. The van der Waals surface area contributed by atoms with Crippen molar-refractivity contribution in [3.8, 4) is 5.75 Å². The molecule has 2 rings (SSSR count). The van der Waals surface area contributed by atoms with Crippen molar-refractivity contribution in [3.63, 3.8) is 0 Å². The van der Waals surface area contributed by atoms with E-state index in [1.165, 1.54) is 25.3 Å². The fourth-order valence-electron chi connectivity index (χ4n) is 2.39. The molecule has 1 fully saturated rings. The van der Waals surface area contributed by atoms with Gasteiger partial charge in [-0.3, -0.25) is 4.79 Å². The smallest absolute Gasteiger partial charge is 0.257 e. The first-order valence-corrected chi connectivity index (χ1v) is 6.45. The third-order valence-corrected chi connectivity index (χ3v) is 3.58. The molecule has 0 aromatic heterocycles. The number of carbonyl (C=O) groups is 1. The molecule has 0 aliphatic carbocycles. The second-order valence-electron chi connectivity index (χ2n) is 4.70. The van der Waals surface area contributed by atoms with Gasteiger partial charge in [-0.05, 0) is 38.1 Å². The van der Waals surface area contributed by atoms with Crippen molar-refractivity contribution >= 4 is 5.91 Å². The Morgan fingerprint density at radius 3 is 2.68 bits per heavy atom. The van der Waals surface area contributed by atoms with E-state index in [0.29, 0.717) is 30.4 Å². The van der Waals surface area contributed by atoms with Crippen molar-refractivity contribution in [1.82, 2.24) is 10.2 Å². The highest BCUT2D eigenvalue weighted by atomic mass is 19.1. The summed E-state index contributed by atoms with van der Waals surface area (Å²) in [6.45, 7) is 1.37. The van der Waals surface area contributed by atoms with Crippen LogP contribution in [0.1, 0.15) is 23.2 Å². The monoisotopic (exact) mass is 266 g/mol. The zero-order valence-corrected chi connectivity index (χ0v) is 11.3. The van der Waals surface area contributed by atoms with Crippen LogP contribution in [-0.4, -0.2) is 44.1 Å². The summed E-state index contributed by atoms with van der Waals surface area (Å²) >= 11 is 0. The maximum atomic E-state index is 13.3. The molecular formula is C14H19FN2O2. The van der Waals surface area contributed by atoms with Crippen LogP contribution in [0.2, 0.25) is 0 Å². The van der Waals surface area contributed by atoms with E-state index in [9.17, 15) is 9.18 Å². The molecule has 5 heteroatoms. The average molecular weight is 266 g/mol. The molecule has 0 spiro atoms. The van der Waals surface area contributed by atoms with Gasteiger partial charge in [0, 0.05) is 19.1 Å². The summed E-state index contributed by atoms with van der Waals surface area (Å²) < 4.78 is 18.4. The molecule has 1 aromatic rings. The highest BCUT2D eigenvalue weighted by molar-refractivity contribution is 5.97. The first-order chi connectivity index (χ1) is 9.15. The molecule has 1 aliphatic rings. The summed E-state index contributed by atoms with van der Waals surface area (Å²) in [5.74, 6) is -0.165. The number of halogens is 1. The van der Waals surface area contributed by atoms with E-state index >= 15 is 0 Å². The average Bonchev–Trinajstić information content (AvgIpc) is 2.46. The zero-order valence-electron chi connectivity index (χ0n) is 11.3. The van der Waals surface area contributed by atoms with Crippen molar-refractivity contribution in [2.24, 2.45) is 0 Å². The molecule has 0 radical (unpaired) electrons. The minimum atomic E-state index is -0.422. The van der Waals surface area contributed by atoms with Crippen molar-refractivity contribution < 1.29 is 13.9 Å². The van der Waals surface area contributed by atoms with Gasteiger partial charge < -0.3 is 15.0 Å². The largest absolute Gasteiger partial charge is 0.496 e. The summed E-state index contributed by atoms with van der Waals surface area (Å²) in [6, 6.07) is 4.48. The third kappa shape index (κ3) is 3.04. The maximum Gasteiger partial charge on any atom is 0.257 e. The highest BCUT2D eigenvalue weighted by Crippen LogP contribution is 2.22. The quantitative estimate of drug-likeness (QED) is 0.904. The molecule has 0 bridgehead atoms. The molecular weight excluding hydrogens is 247 g/mol.